The Labute approximate surface area is 164 Å². The Kier molecular flexibility index (Phi) is 4.35. The molecule has 5 heteroatoms. The summed E-state index contributed by atoms with van der Waals surface area (Å²) >= 11 is 0. The first kappa shape index (κ1) is 17.7. The van der Waals surface area contributed by atoms with Crippen molar-refractivity contribution in [3.63, 3.8) is 0 Å². The van der Waals surface area contributed by atoms with Crippen LogP contribution in [0.1, 0.15) is 37.3 Å². The van der Waals surface area contributed by atoms with Crippen LogP contribution < -0.4 is 5.32 Å². The number of nitrogens with one attached hydrogen (secondary N) is 1. The minimum absolute atomic E-state index is 0.0185. The Morgan fingerprint density at radius 3 is 2.68 bits per heavy atom. The first-order valence-corrected chi connectivity index (χ1v) is 10.2. The van der Waals surface area contributed by atoms with Crippen molar-refractivity contribution in [2.75, 3.05) is 18.5 Å². The summed E-state index contributed by atoms with van der Waals surface area (Å²) in [5.74, 6) is 0.369. The lowest BCUT2D eigenvalue weighted by atomic mass is 9.80. The molecule has 2 aromatic rings. The molecule has 2 aliphatic heterocycles. The molecule has 0 spiro atoms. The Hall–Kier alpha value is -2.40. The smallest absolute Gasteiger partial charge is 0.226 e. The van der Waals surface area contributed by atoms with Crippen molar-refractivity contribution in [2.45, 2.75) is 37.8 Å². The molecule has 0 unspecified atom stereocenters. The maximum Gasteiger partial charge on any atom is 0.226 e. The van der Waals surface area contributed by atoms with Gasteiger partial charge in [0, 0.05) is 24.1 Å². The third kappa shape index (κ3) is 2.80. The van der Waals surface area contributed by atoms with Crippen molar-refractivity contribution in [1.29, 1.82) is 0 Å². The number of likely N-dealkylation sites (tertiary alicyclic amines) is 1. The zero-order valence-corrected chi connectivity index (χ0v) is 15.8. The zero-order valence-electron chi connectivity index (χ0n) is 15.8. The third-order valence-corrected chi connectivity index (χ3v) is 6.76. The van der Waals surface area contributed by atoms with Crippen molar-refractivity contribution in [2.24, 2.45) is 11.8 Å². The standard InChI is InChI=1S/C23H25FN2O2/c24-17-6-2-5-15(11-17)16-7-8-20-19(12-16)22-18(21(13-27)25-20)9-10-26(22)23(28)14-3-1-4-14/h2,5-8,11-12,14,18,21-22,25,27H,1,3-4,9-10,13H2/t18-,21+,22-/m1/s1. The molecule has 146 valence electrons. The minimum Gasteiger partial charge on any atom is -0.394 e. The summed E-state index contributed by atoms with van der Waals surface area (Å²) in [5.41, 5.74) is 3.83. The van der Waals surface area contributed by atoms with Crippen LogP contribution in [0.2, 0.25) is 0 Å². The number of hydrogen-bond acceptors (Lipinski definition) is 3. The van der Waals surface area contributed by atoms with Crippen molar-refractivity contribution in [1.82, 2.24) is 4.90 Å². The van der Waals surface area contributed by atoms with E-state index in [0.29, 0.717) is 0 Å². The van der Waals surface area contributed by atoms with Crippen molar-refractivity contribution < 1.29 is 14.3 Å². The maximum atomic E-state index is 13.7. The number of benzene rings is 2. The molecule has 3 aliphatic rings. The van der Waals surface area contributed by atoms with Gasteiger partial charge >= 0.3 is 0 Å². The van der Waals surface area contributed by atoms with E-state index in [1.165, 1.54) is 12.1 Å². The number of fused-ring (bicyclic) bond motifs is 3. The molecular weight excluding hydrogens is 355 g/mol. The summed E-state index contributed by atoms with van der Waals surface area (Å²) in [5, 5.41) is 13.4. The van der Waals surface area contributed by atoms with Gasteiger partial charge in [-0.25, -0.2) is 4.39 Å². The van der Waals surface area contributed by atoms with E-state index in [1.54, 1.807) is 6.07 Å². The topological polar surface area (TPSA) is 52.6 Å². The zero-order chi connectivity index (χ0) is 19.3. The second-order valence-electron chi connectivity index (χ2n) is 8.30. The largest absolute Gasteiger partial charge is 0.394 e. The van der Waals surface area contributed by atoms with Gasteiger partial charge in [0.1, 0.15) is 5.82 Å². The Morgan fingerprint density at radius 2 is 1.96 bits per heavy atom. The van der Waals surface area contributed by atoms with Gasteiger partial charge in [-0.2, -0.15) is 0 Å². The number of amides is 1. The van der Waals surface area contributed by atoms with Crippen LogP contribution in [0.25, 0.3) is 11.1 Å². The molecule has 2 heterocycles. The number of rotatable bonds is 3. The highest BCUT2D eigenvalue weighted by Crippen LogP contribution is 2.48. The predicted octanol–water partition coefficient (Wildman–Crippen LogP) is 3.97. The minimum atomic E-state index is -0.255. The molecule has 3 atom stereocenters. The average molecular weight is 380 g/mol. The van der Waals surface area contributed by atoms with E-state index in [-0.39, 0.29) is 42.3 Å². The van der Waals surface area contributed by atoms with Gasteiger partial charge in [-0.15, -0.1) is 0 Å². The average Bonchev–Trinajstić information content (AvgIpc) is 3.11. The van der Waals surface area contributed by atoms with E-state index in [9.17, 15) is 14.3 Å². The molecular formula is C23H25FN2O2. The van der Waals surface area contributed by atoms with Crippen LogP contribution in [0.4, 0.5) is 10.1 Å². The maximum absolute atomic E-state index is 13.7. The van der Waals surface area contributed by atoms with Gasteiger partial charge in [-0.3, -0.25) is 4.79 Å². The van der Waals surface area contributed by atoms with E-state index < -0.39 is 0 Å². The fourth-order valence-corrected chi connectivity index (χ4v) is 5.05. The van der Waals surface area contributed by atoms with Gasteiger partial charge < -0.3 is 15.3 Å². The summed E-state index contributed by atoms with van der Waals surface area (Å²) in [4.78, 5) is 15.1. The van der Waals surface area contributed by atoms with Crippen LogP contribution in [0.3, 0.4) is 0 Å². The number of anilines is 1. The number of aliphatic hydroxyl groups is 1. The normalized spacial score (nSPS) is 26.2. The van der Waals surface area contributed by atoms with Gasteiger partial charge in [-0.1, -0.05) is 24.6 Å². The van der Waals surface area contributed by atoms with Crippen LogP contribution in [0, 0.1) is 17.7 Å². The van der Waals surface area contributed by atoms with E-state index in [2.05, 4.69) is 11.4 Å². The Morgan fingerprint density at radius 1 is 1.14 bits per heavy atom. The highest BCUT2D eigenvalue weighted by molar-refractivity contribution is 5.81. The lowest BCUT2D eigenvalue weighted by molar-refractivity contribution is -0.139. The second kappa shape index (κ2) is 6.89. The second-order valence-corrected chi connectivity index (χ2v) is 8.30. The van der Waals surface area contributed by atoms with Gasteiger partial charge in [0.15, 0.2) is 0 Å². The SMILES string of the molecule is O=C(C1CCC1)N1CC[C@@H]2[C@H](CO)Nc3ccc(-c4cccc(F)c4)cc3[C@@H]21. The quantitative estimate of drug-likeness (QED) is 0.847. The Balaban J connectivity index is 1.56. The summed E-state index contributed by atoms with van der Waals surface area (Å²) in [6.07, 6.45) is 4.01. The molecule has 0 aromatic heterocycles. The molecule has 0 bridgehead atoms. The summed E-state index contributed by atoms with van der Waals surface area (Å²) < 4.78 is 13.7. The molecule has 2 aromatic carbocycles. The lowest BCUT2D eigenvalue weighted by Crippen LogP contribution is -2.45. The molecule has 0 radical (unpaired) electrons. The van der Waals surface area contributed by atoms with Crippen LogP contribution >= 0.6 is 0 Å². The van der Waals surface area contributed by atoms with E-state index in [0.717, 1.165) is 54.6 Å². The molecule has 4 nitrogen and oxygen atoms in total. The first-order valence-electron chi connectivity index (χ1n) is 10.2. The fourth-order valence-electron chi connectivity index (χ4n) is 5.05. The molecule has 1 amide bonds. The van der Waals surface area contributed by atoms with Crippen LogP contribution in [0.15, 0.2) is 42.5 Å². The summed E-state index contributed by atoms with van der Waals surface area (Å²) in [6, 6.07) is 12.6. The highest BCUT2D eigenvalue weighted by Gasteiger charge is 2.47. The van der Waals surface area contributed by atoms with E-state index >= 15 is 0 Å². The lowest BCUT2D eigenvalue weighted by Gasteiger charge is -2.41. The van der Waals surface area contributed by atoms with Gasteiger partial charge in [0.25, 0.3) is 0 Å². The van der Waals surface area contributed by atoms with Gasteiger partial charge in [0.2, 0.25) is 5.91 Å². The fraction of sp³-hybridized carbons (Fsp3) is 0.435. The number of hydrogen-bond donors (Lipinski definition) is 2. The van der Waals surface area contributed by atoms with Crippen molar-refractivity contribution in [3.8, 4) is 11.1 Å². The van der Waals surface area contributed by atoms with Gasteiger partial charge in [-0.05, 0) is 60.2 Å². The highest BCUT2D eigenvalue weighted by atomic mass is 19.1. The van der Waals surface area contributed by atoms with Gasteiger partial charge in [0.05, 0.1) is 18.7 Å². The number of nitrogens with zero attached hydrogens (tertiary/aromatic N) is 1. The molecule has 1 aliphatic carbocycles. The van der Waals surface area contributed by atoms with Crippen LogP contribution in [0.5, 0.6) is 0 Å². The third-order valence-electron chi connectivity index (χ3n) is 6.76. The molecule has 5 rings (SSSR count). The predicted molar refractivity (Wildman–Crippen MR) is 106 cm³/mol. The number of halogens is 1. The molecule has 28 heavy (non-hydrogen) atoms. The monoisotopic (exact) mass is 380 g/mol. The molecule has 2 N–H and O–H groups in total. The number of carbonyl (C=O) groups is 1. The van der Waals surface area contributed by atoms with Crippen LogP contribution in [-0.4, -0.2) is 35.1 Å². The van der Waals surface area contributed by atoms with Crippen LogP contribution in [-0.2, 0) is 4.79 Å². The van der Waals surface area contributed by atoms with Crippen molar-refractivity contribution in [3.05, 3.63) is 53.8 Å². The van der Waals surface area contributed by atoms with E-state index in [4.69, 9.17) is 0 Å². The molecule has 1 saturated carbocycles. The first-order chi connectivity index (χ1) is 13.7. The number of carbonyl (C=O) groups excluding carboxylic acids is 1. The van der Waals surface area contributed by atoms with E-state index in [1.807, 2.05) is 23.1 Å². The summed E-state index contributed by atoms with van der Waals surface area (Å²) in [6.45, 7) is 0.796. The summed E-state index contributed by atoms with van der Waals surface area (Å²) in [7, 11) is 0. The Bertz CT molecular complexity index is 911. The molecule has 1 saturated heterocycles. The van der Waals surface area contributed by atoms with Crippen molar-refractivity contribution >= 4 is 11.6 Å². The number of aliphatic hydroxyl groups excluding tert-OH is 1. The molecule has 2 fully saturated rings.